The fourth-order valence-corrected chi connectivity index (χ4v) is 1.55. The summed E-state index contributed by atoms with van der Waals surface area (Å²) in [5.74, 6) is 0.207. The molecule has 0 aliphatic heterocycles. The highest BCUT2D eigenvalue weighted by Gasteiger charge is 2.16. The lowest BCUT2D eigenvalue weighted by Gasteiger charge is -2.05. The predicted molar refractivity (Wildman–Crippen MR) is 66.4 cm³/mol. The summed E-state index contributed by atoms with van der Waals surface area (Å²) >= 11 is 0. The molecule has 0 aliphatic carbocycles. The Morgan fingerprint density at radius 3 is 2.83 bits per heavy atom. The third-order valence-corrected chi connectivity index (χ3v) is 2.51. The van der Waals surface area contributed by atoms with Gasteiger partial charge in [-0.3, -0.25) is 0 Å². The summed E-state index contributed by atoms with van der Waals surface area (Å²) in [7, 11) is 3.91. The summed E-state index contributed by atoms with van der Waals surface area (Å²) in [6.07, 6.45) is 0.644. The van der Waals surface area contributed by atoms with Gasteiger partial charge < -0.3 is 15.2 Å². The van der Waals surface area contributed by atoms with Crippen LogP contribution in [0.5, 0.6) is 0 Å². The van der Waals surface area contributed by atoms with Crippen LogP contribution in [-0.4, -0.2) is 35.7 Å². The Morgan fingerprint density at radius 2 is 2.17 bits per heavy atom. The first-order valence-electron chi connectivity index (χ1n) is 5.59. The number of likely N-dealkylation sites (N-methyl/N-ethyl adjacent to an activating group) is 1. The maximum Gasteiger partial charge on any atom is 0.263 e. The van der Waals surface area contributed by atoms with Crippen molar-refractivity contribution in [2.45, 2.75) is 6.42 Å². The number of nitrogens with two attached hydrogens (primary N) is 1. The van der Waals surface area contributed by atoms with Crippen molar-refractivity contribution in [3.05, 3.63) is 29.8 Å². The van der Waals surface area contributed by atoms with E-state index in [4.69, 9.17) is 10.3 Å². The maximum atomic E-state index is 13.6. The van der Waals surface area contributed by atoms with E-state index in [0.717, 1.165) is 6.54 Å². The Bertz CT molecular complexity index is 518. The Labute approximate surface area is 104 Å². The quantitative estimate of drug-likeness (QED) is 0.834. The van der Waals surface area contributed by atoms with E-state index in [2.05, 4.69) is 10.1 Å². The molecule has 1 aromatic carbocycles. The number of halogens is 1. The maximum absolute atomic E-state index is 13.6. The van der Waals surface area contributed by atoms with Crippen LogP contribution in [0.15, 0.2) is 22.7 Å². The summed E-state index contributed by atoms with van der Waals surface area (Å²) in [4.78, 5) is 6.16. The van der Waals surface area contributed by atoms with Gasteiger partial charge in [-0.05, 0) is 26.2 Å². The molecule has 1 aromatic heterocycles. The molecule has 5 nitrogen and oxygen atoms in total. The largest absolute Gasteiger partial charge is 0.398 e. The van der Waals surface area contributed by atoms with Gasteiger partial charge in [0.1, 0.15) is 5.82 Å². The van der Waals surface area contributed by atoms with Crippen molar-refractivity contribution in [3.8, 4) is 11.5 Å². The first kappa shape index (κ1) is 12.5. The first-order chi connectivity index (χ1) is 8.58. The van der Waals surface area contributed by atoms with Crippen molar-refractivity contribution in [2.75, 3.05) is 26.4 Å². The molecule has 1 heterocycles. The van der Waals surface area contributed by atoms with Crippen LogP contribution in [0.2, 0.25) is 0 Å². The second kappa shape index (κ2) is 5.14. The van der Waals surface area contributed by atoms with Crippen LogP contribution in [0.25, 0.3) is 11.5 Å². The molecule has 0 atom stereocenters. The van der Waals surface area contributed by atoms with E-state index < -0.39 is 5.82 Å². The summed E-state index contributed by atoms with van der Waals surface area (Å²) in [5.41, 5.74) is 6.17. The molecule has 0 spiro atoms. The summed E-state index contributed by atoms with van der Waals surface area (Å²) in [6, 6.07) is 4.45. The van der Waals surface area contributed by atoms with Crippen LogP contribution in [0.4, 0.5) is 10.1 Å². The molecule has 0 radical (unpaired) electrons. The zero-order valence-corrected chi connectivity index (χ0v) is 10.4. The summed E-state index contributed by atoms with van der Waals surface area (Å²) in [5, 5.41) is 3.81. The number of rotatable bonds is 4. The van der Waals surface area contributed by atoms with Crippen LogP contribution in [-0.2, 0) is 6.42 Å². The third kappa shape index (κ3) is 2.65. The lowest BCUT2D eigenvalue weighted by molar-refractivity contribution is 0.392. The number of aromatic nitrogens is 2. The van der Waals surface area contributed by atoms with E-state index in [9.17, 15) is 4.39 Å². The van der Waals surface area contributed by atoms with Gasteiger partial charge in [0.2, 0.25) is 0 Å². The van der Waals surface area contributed by atoms with E-state index in [0.29, 0.717) is 12.2 Å². The van der Waals surface area contributed by atoms with Crippen molar-refractivity contribution in [2.24, 2.45) is 0 Å². The van der Waals surface area contributed by atoms with Gasteiger partial charge >= 0.3 is 0 Å². The number of nitrogens with zero attached hydrogens (tertiary/aromatic N) is 3. The molecular formula is C12H15FN4O. The van der Waals surface area contributed by atoms with E-state index in [-0.39, 0.29) is 17.1 Å². The highest BCUT2D eigenvalue weighted by molar-refractivity contribution is 5.70. The molecule has 2 N–H and O–H groups in total. The van der Waals surface area contributed by atoms with Crippen molar-refractivity contribution in [1.29, 1.82) is 0 Å². The van der Waals surface area contributed by atoms with Gasteiger partial charge in [0.15, 0.2) is 5.82 Å². The monoisotopic (exact) mass is 250 g/mol. The Kier molecular flexibility index (Phi) is 3.57. The Hall–Kier alpha value is -1.95. The lowest BCUT2D eigenvalue weighted by Crippen LogP contribution is -2.15. The molecule has 2 aromatic rings. The second-order valence-electron chi connectivity index (χ2n) is 4.27. The topological polar surface area (TPSA) is 68.2 Å². The molecule has 18 heavy (non-hydrogen) atoms. The van der Waals surface area contributed by atoms with Gasteiger partial charge in [-0.2, -0.15) is 4.98 Å². The average Bonchev–Trinajstić information content (AvgIpc) is 2.75. The molecule has 0 amide bonds. The zero-order valence-electron chi connectivity index (χ0n) is 10.4. The number of anilines is 1. The fourth-order valence-electron chi connectivity index (χ4n) is 1.55. The summed E-state index contributed by atoms with van der Waals surface area (Å²) in [6.45, 7) is 0.797. The molecule has 0 saturated carbocycles. The molecule has 0 aliphatic rings. The fraction of sp³-hybridized carbons (Fsp3) is 0.333. The molecule has 0 saturated heterocycles. The lowest BCUT2D eigenvalue weighted by atomic mass is 10.1. The molecule has 96 valence electrons. The van der Waals surface area contributed by atoms with E-state index >= 15 is 0 Å². The van der Waals surface area contributed by atoms with Gasteiger partial charge in [0, 0.05) is 18.7 Å². The molecule has 0 unspecified atom stereocenters. The molecular weight excluding hydrogens is 235 g/mol. The van der Waals surface area contributed by atoms with Crippen LogP contribution in [0.1, 0.15) is 5.82 Å². The molecule has 0 bridgehead atoms. The van der Waals surface area contributed by atoms with Crippen LogP contribution in [0.3, 0.4) is 0 Å². The van der Waals surface area contributed by atoms with Crippen molar-refractivity contribution in [1.82, 2.24) is 15.0 Å². The van der Waals surface area contributed by atoms with E-state index in [1.165, 1.54) is 12.1 Å². The minimum atomic E-state index is -0.460. The van der Waals surface area contributed by atoms with Crippen molar-refractivity contribution < 1.29 is 8.91 Å². The van der Waals surface area contributed by atoms with Gasteiger partial charge in [-0.15, -0.1) is 0 Å². The molecule has 0 fully saturated rings. The smallest absolute Gasteiger partial charge is 0.263 e. The van der Waals surface area contributed by atoms with Crippen molar-refractivity contribution >= 4 is 5.69 Å². The standard InChI is InChI=1S/C12H15FN4O/c1-17(2)7-6-10-15-12(18-16-10)11-8(13)4-3-5-9(11)14/h3-5H,6-7,14H2,1-2H3. The average molecular weight is 250 g/mol. The number of hydrogen-bond donors (Lipinski definition) is 1. The third-order valence-electron chi connectivity index (χ3n) is 2.51. The molecule has 6 heteroatoms. The minimum Gasteiger partial charge on any atom is -0.398 e. The van der Waals surface area contributed by atoms with Crippen LogP contribution >= 0.6 is 0 Å². The molecule has 2 rings (SSSR count). The highest BCUT2D eigenvalue weighted by atomic mass is 19.1. The van der Waals surface area contributed by atoms with Crippen LogP contribution in [0, 0.1) is 5.82 Å². The number of hydrogen-bond acceptors (Lipinski definition) is 5. The van der Waals surface area contributed by atoms with Gasteiger partial charge in [-0.25, -0.2) is 4.39 Å². The SMILES string of the molecule is CN(C)CCc1noc(-c2c(N)cccc2F)n1. The summed E-state index contributed by atoms with van der Waals surface area (Å²) < 4.78 is 18.7. The van der Waals surface area contributed by atoms with Crippen LogP contribution < -0.4 is 5.73 Å². The van der Waals surface area contributed by atoms with E-state index in [1.54, 1.807) is 6.07 Å². The highest BCUT2D eigenvalue weighted by Crippen LogP contribution is 2.27. The number of nitrogen functional groups attached to an aromatic ring is 1. The first-order valence-corrected chi connectivity index (χ1v) is 5.59. The van der Waals surface area contributed by atoms with Crippen molar-refractivity contribution in [3.63, 3.8) is 0 Å². The Morgan fingerprint density at radius 1 is 1.39 bits per heavy atom. The van der Waals surface area contributed by atoms with Gasteiger partial charge in [0.25, 0.3) is 5.89 Å². The Balaban J connectivity index is 2.24. The normalized spacial score (nSPS) is 11.1. The predicted octanol–water partition coefficient (Wildman–Crippen LogP) is 1.56. The van der Waals surface area contributed by atoms with E-state index in [1.807, 2.05) is 19.0 Å². The number of benzene rings is 1. The second-order valence-corrected chi connectivity index (χ2v) is 4.27. The zero-order chi connectivity index (χ0) is 13.1. The van der Waals surface area contributed by atoms with Gasteiger partial charge in [0.05, 0.1) is 5.56 Å². The minimum absolute atomic E-state index is 0.124. The van der Waals surface area contributed by atoms with Gasteiger partial charge in [-0.1, -0.05) is 11.2 Å².